The number of nitrogens with one attached hydrogen (secondary N) is 1. The number of nitrogens with zero attached hydrogens (tertiary/aromatic N) is 1. The van der Waals surface area contributed by atoms with E-state index in [2.05, 4.69) is 5.32 Å². The number of carbonyl (C=O) groups excluding carboxylic acids is 1. The van der Waals surface area contributed by atoms with E-state index in [0.717, 1.165) is 60.8 Å². The van der Waals surface area contributed by atoms with E-state index in [0.29, 0.717) is 5.75 Å². The van der Waals surface area contributed by atoms with Gasteiger partial charge in [-0.05, 0) is 49.9 Å². The average Bonchev–Trinajstić information content (AvgIpc) is 2.85. The maximum absolute atomic E-state index is 12.4. The molecule has 2 aliphatic rings. The van der Waals surface area contributed by atoms with Crippen molar-refractivity contribution in [2.24, 2.45) is 11.8 Å². The molecule has 2 atom stereocenters. The molecule has 22 heavy (non-hydrogen) atoms. The lowest BCUT2D eigenvalue weighted by Gasteiger charge is -2.20. The molecule has 0 bridgehead atoms. The van der Waals surface area contributed by atoms with Gasteiger partial charge < -0.3 is 10.2 Å². The quantitative estimate of drug-likeness (QED) is 0.839. The van der Waals surface area contributed by atoms with Crippen LogP contribution in [0.3, 0.4) is 0 Å². The Balaban J connectivity index is 0.00000176. The van der Waals surface area contributed by atoms with E-state index in [4.69, 9.17) is 11.6 Å². The third-order valence-corrected chi connectivity index (χ3v) is 6.06. The fourth-order valence-corrected chi connectivity index (χ4v) is 4.40. The second kappa shape index (κ2) is 8.44. The molecule has 6 heteroatoms. The van der Waals surface area contributed by atoms with Gasteiger partial charge in [-0.15, -0.1) is 24.2 Å². The predicted octanol–water partition coefficient (Wildman–Crippen LogP) is 3.31. The summed E-state index contributed by atoms with van der Waals surface area (Å²) < 4.78 is 0. The van der Waals surface area contributed by atoms with E-state index < -0.39 is 0 Å². The van der Waals surface area contributed by atoms with Crippen molar-refractivity contribution in [2.45, 2.75) is 17.7 Å². The van der Waals surface area contributed by atoms with Crippen LogP contribution < -0.4 is 5.32 Å². The second-order valence-corrected chi connectivity index (χ2v) is 7.28. The maximum Gasteiger partial charge on any atom is 0.232 e. The second-order valence-electron chi connectivity index (χ2n) is 5.86. The zero-order chi connectivity index (χ0) is 14.7. The van der Waals surface area contributed by atoms with Crippen LogP contribution >= 0.6 is 35.8 Å². The van der Waals surface area contributed by atoms with Crippen molar-refractivity contribution in [3.05, 3.63) is 29.3 Å². The summed E-state index contributed by atoms with van der Waals surface area (Å²) in [5, 5.41) is 4.20. The van der Waals surface area contributed by atoms with Crippen molar-refractivity contribution in [1.82, 2.24) is 10.2 Å². The van der Waals surface area contributed by atoms with Gasteiger partial charge in [0.25, 0.3) is 0 Å². The van der Waals surface area contributed by atoms with E-state index in [9.17, 15) is 4.79 Å². The molecule has 1 amide bonds. The molecule has 122 valence electrons. The minimum atomic E-state index is 0. The minimum Gasteiger partial charge on any atom is -0.342 e. The Kier molecular flexibility index (Phi) is 6.87. The number of halogens is 2. The summed E-state index contributed by atoms with van der Waals surface area (Å²) in [6.07, 6.45) is 2.28. The standard InChI is InChI=1S/C16H21ClN2OS.ClH/c17-14-3-1-2-4-15(14)21-11-16(20)19-7-5-12-9-18-10-13(12)6-8-19;/h1-4,12-13,18H,5-11H2;1H/t12-,13+;. The van der Waals surface area contributed by atoms with Gasteiger partial charge >= 0.3 is 0 Å². The number of rotatable bonds is 3. The number of carbonyl (C=O) groups is 1. The lowest BCUT2D eigenvalue weighted by molar-refractivity contribution is -0.128. The first-order valence-corrected chi connectivity index (χ1v) is 8.96. The first kappa shape index (κ1) is 17.9. The molecule has 2 heterocycles. The smallest absolute Gasteiger partial charge is 0.232 e. The van der Waals surface area contributed by atoms with Crippen molar-refractivity contribution in [3.63, 3.8) is 0 Å². The Morgan fingerprint density at radius 1 is 1.23 bits per heavy atom. The molecule has 0 radical (unpaired) electrons. The van der Waals surface area contributed by atoms with Crippen molar-refractivity contribution >= 4 is 41.7 Å². The predicted molar refractivity (Wildman–Crippen MR) is 95.1 cm³/mol. The zero-order valence-corrected chi connectivity index (χ0v) is 14.9. The molecule has 1 aromatic carbocycles. The molecule has 2 fully saturated rings. The van der Waals surface area contributed by atoms with Crippen molar-refractivity contribution in [3.8, 4) is 0 Å². The average molecular weight is 361 g/mol. The van der Waals surface area contributed by atoms with E-state index in [1.807, 2.05) is 29.2 Å². The SMILES string of the molecule is Cl.O=C(CSc1ccccc1Cl)N1CC[C@@H]2CNC[C@@H]2CC1. The normalized spacial score (nSPS) is 24.3. The van der Waals surface area contributed by atoms with E-state index in [1.165, 1.54) is 0 Å². The van der Waals surface area contributed by atoms with Crippen molar-refractivity contribution in [1.29, 1.82) is 0 Å². The van der Waals surface area contributed by atoms with Crippen molar-refractivity contribution in [2.75, 3.05) is 31.9 Å². The monoisotopic (exact) mass is 360 g/mol. The molecular formula is C16H22Cl2N2OS. The molecule has 0 aromatic heterocycles. The number of hydrogen-bond donors (Lipinski definition) is 1. The third kappa shape index (κ3) is 4.31. The van der Waals surface area contributed by atoms with E-state index in [-0.39, 0.29) is 18.3 Å². The van der Waals surface area contributed by atoms with Gasteiger partial charge in [0.2, 0.25) is 5.91 Å². The molecule has 3 rings (SSSR count). The number of hydrogen-bond acceptors (Lipinski definition) is 3. The van der Waals surface area contributed by atoms with Gasteiger partial charge in [-0.2, -0.15) is 0 Å². The zero-order valence-electron chi connectivity index (χ0n) is 12.5. The van der Waals surface area contributed by atoms with Crippen LogP contribution in [0.5, 0.6) is 0 Å². The van der Waals surface area contributed by atoms with Gasteiger partial charge in [0.15, 0.2) is 0 Å². The molecule has 0 aliphatic carbocycles. The number of fused-ring (bicyclic) bond motifs is 1. The number of amides is 1. The van der Waals surface area contributed by atoms with Gasteiger partial charge in [0, 0.05) is 18.0 Å². The van der Waals surface area contributed by atoms with Crippen LogP contribution in [-0.2, 0) is 4.79 Å². The van der Waals surface area contributed by atoms with Crippen LogP contribution in [0.25, 0.3) is 0 Å². The summed E-state index contributed by atoms with van der Waals surface area (Å²) in [7, 11) is 0. The summed E-state index contributed by atoms with van der Waals surface area (Å²) in [6.45, 7) is 4.07. The molecule has 0 saturated carbocycles. The van der Waals surface area contributed by atoms with E-state index in [1.54, 1.807) is 11.8 Å². The third-order valence-electron chi connectivity index (χ3n) is 4.56. The molecule has 0 spiro atoms. The van der Waals surface area contributed by atoms with Gasteiger partial charge in [-0.3, -0.25) is 4.79 Å². The molecule has 0 unspecified atom stereocenters. The molecular weight excluding hydrogens is 339 g/mol. The van der Waals surface area contributed by atoms with Crippen LogP contribution in [0.1, 0.15) is 12.8 Å². The van der Waals surface area contributed by atoms with Gasteiger partial charge in [0.1, 0.15) is 0 Å². The highest BCUT2D eigenvalue weighted by Crippen LogP contribution is 2.29. The maximum atomic E-state index is 12.4. The minimum absolute atomic E-state index is 0. The summed E-state index contributed by atoms with van der Waals surface area (Å²) >= 11 is 7.67. The van der Waals surface area contributed by atoms with Gasteiger partial charge in [-0.25, -0.2) is 0 Å². The Hall–Kier alpha value is -0.420. The Bertz CT molecular complexity index is 501. The molecule has 2 aliphatic heterocycles. The van der Waals surface area contributed by atoms with Crippen LogP contribution in [-0.4, -0.2) is 42.7 Å². The number of thioether (sulfide) groups is 1. The molecule has 1 N–H and O–H groups in total. The largest absolute Gasteiger partial charge is 0.342 e. The van der Waals surface area contributed by atoms with Crippen LogP contribution in [0, 0.1) is 11.8 Å². The van der Waals surface area contributed by atoms with Gasteiger partial charge in [-0.1, -0.05) is 23.7 Å². The van der Waals surface area contributed by atoms with Crippen LogP contribution in [0.15, 0.2) is 29.2 Å². The van der Waals surface area contributed by atoms with E-state index >= 15 is 0 Å². The van der Waals surface area contributed by atoms with Crippen LogP contribution in [0.2, 0.25) is 5.02 Å². The summed E-state index contributed by atoms with van der Waals surface area (Å²) in [5.41, 5.74) is 0. The lowest BCUT2D eigenvalue weighted by Crippen LogP contribution is -2.34. The lowest BCUT2D eigenvalue weighted by atomic mass is 9.92. The summed E-state index contributed by atoms with van der Waals surface area (Å²) in [4.78, 5) is 15.4. The number of likely N-dealkylation sites (tertiary alicyclic amines) is 1. The van der Waals surface area contributed by atoms with Crippen LogP contribution in [0.4, 0.5) is 0 Å². The fourth-order valence-electron chi connectivity index (χ4n) is 3.26. The molecule has 3 nitrogen and oxygen atoms in total. The summed E-state index contributed by atoms with van der Waals surface area (Å²) in [6, 6.07) is 7.71. The summed E-state index contributed by atoms with van der Waals surface area (Å²) in [5.74, 6) is 2.25. The molecule has 2 saturated heterocycles. The number of benzene rings is 1. The Morgan fingerprint density at radius 3 is 2.50 bits per heavy atom. The highest BCUT2D eigenvalue weighted by atomic mass is 35.5. The first-order valence-electron chi connectivity index (χ1n) is 7.60. The molecule has 1 aromatic rings. The van der Waals surface area contributed by atoms with Gasteiger partial charge in [0.05, 0.1) is 10.8 Å². The highest BCUT2D eigenvalue weighted by molar-refractivity contribution is 8.00. The highest BCUT2D eigenvalue weighted by Gasteiger charge is 2.31. The fraction of sp³-hybridized carbons (Fsp3) is 0.562. The topological polar surface area (TPSA) is 32.3 Å². The Labute approximate surface area is 147 Å². The first-order chi connectivity index (χ1) is 10.2. The Morgan fingerprint density at radius 2 is 1.86 bits per heavy atom. The van der Waals surface area contributed by atoms with Crippen molar-refractivity contribution < 1.29 is 4.79 Å².